The lowest BCUT2D eigenvalue weighted by molar-refractivity contribution is -0.137. The third-order valence-corrected chi connectivity index (χ3v) is 6.16. The molecular formula is C30H29ClN2O3. The van der Waals surface area contributed by atoms with E-state index in [1.165, 1.54) is 0 Å². The Bertz CT molecular complexity index is 1250. The molecule has 3 aromatic carbocycles. The minimum absolute atomic E-state index is 0.0675. The van der Waals surface area contributed by atoms with Crippen molar-refractivity contribution in [3.8, 4) is 16.9 Å². The number of nitrogens with one attached hydrogen (secondary N) is 1. The van der Waals surface area contributed by atoms with Gasteiger partial charge in [-0.15, -0.1) is 0 Å². The standard InChI is InChI=1S/C30H29ClN2O3/c31-27-6-3-5-25(20-27)23-10-12-24(13-11-23)26(21-30(34)35)19-22-8-14-28(15-9-22)36-18-4-17-33-29-7-1-2-16-32-29/h1-3,5-16,20,26H,4,17-19,21H2,(H,32,33)(H,34,35). The molecule has 0 fully saturated rings. The third kappa shape index (κ3) is 7.59. The molecule has 1 atom stereocenters. The van der Waals surface area contributed by atoms with Crippen molar-refractivity contribution in [2.45, 2.75) is 25.2 Å². The number of carboxylic acids is 1. The molecule has 0 amide bonds. The number of hydrogen-bond acceptors (Lipinski definition) is 4. The molecule has 1 heterocycles. The Balaban J connectivity index is 1.32. The maximum atomic E-state index is 11.6. The maximum absolute atomic E-state index is 11.6. The Morgan fingerprint density at radius 2 is 1.75 bits per heavy atom. The summed E-state index contributed by atoms with van der Waals surface area (Å²) in [5.41, 5.74) is 4.16. The van der Waals surface area contributed by atoms with Crippen LogP contribution >= 0.6 is 11.6 Å². The Kier molecular flexibility index (Phi) is 8.95. The first-order chi connectivity index (χ1) is 17.6. The first-order valence-electron chi connectivity index (χ1n) is 12.0. The number of aromatic nitrogens is 1. The van der Waals surface area contributed by atoms with Crippen LogP contribution in [0.3, 0.4) is 0 Å². The average Bonchev–Trinajstić information content (AvgIpc) is 2.89. The number of nitrogens with zero attached hydrogens (tertiary/aromatic N) is 1. The fourth-order valence-corrected chi connectivity index (χ4v) is 4.28. The monoisotopic (exact) mass is 500 g/mol. The van der Waals surface area contributed by atoms with Crippen LogP contribution in [0.2, 0.25) is 5.02 Å². The lowest BCUT2D eigenvalue weighted by atomic mass is 9.88. The van der Waals surface area contributed by atoms with Gasteiger partial charge in [-0.1, -0.05) is 66.2 Å². The second-order valence-corrected chi connectivity index (χ2v) is 9.06. The van der Waals surface area contributed by atoms with E-state index in [9.17, 15) is 9.90 Å². The Labute approximate surface area is 216 Å². The summed E-state index contributed by atoms with van der Waals surface area (Å²) in [7, 11) is 0. The number of benzene rings is 3. The van der Waals surface area contributed by atoms with Crippen molar-refractivity contribution in [3.05, 3.63) is 113 Å². The molecule has 0 aliphatic carbocycles. The first kappa shape index (κ1) is 25.3. The van der Waals surface area contributed by atoms with Gasteiger partial charge in [-0.2, -0.15) is 0 Å². The maximum Gasteiger partial charge on any atom is 0.303 e. The topological polar surface area (TPSA) is 71.5 Å². The molecule has 184 valence electrons. The SMILES string of the molecule is O=C(O)CC(Cc1ccc(OCCCNc2ccccn2)cc1)c1ccc(-c2cccc(Cl)c2)cc1. The summed E-state index contributed by atoms with van der Waals surface area (Å²) in [6.07, 6.45) is 3.32. The van der Waals surface area contributed by atoms with E-state index < -0.39 is 5.97 Å². The Morgan fingerprint density at radius 3 is 2.44 bits per heavy atom. The van der Waals surface area contributed by atoms with E-state index in [-0.39, 0.29) is 12.3 Å². The molecule has 0 aliphatic heterocycles. The van der Waals surface area contributed by atoms with Crippen LogP contribution in [-0.2, 0) is 11.2 Å². The van der Waals surface area contributed by atoms with Crippen molar-refractivity contribution >= 4 is 23.4 Å². The van der Waals surface area contributed by atoms with Gasteiger partial charge in [0.05, 0.1) is 13.0 Å². The van der Waals surface area contributed by atoms with E-state index in [1.807, 2.05) is 91.0 Å². The number of rotatable bonds is 12. The molecule has 1 unspecified atom stereocenters. The summed E-state index contributed by atoms with van der Waals surface area (Å²) in [5, 5.41) is 13.5. The summed E-state index contributed by atoms with van der Waals surface area (Å²) in [5.74, 6) is 0.729. The minimum atomic E-state index is -0.807. The van der Waals surface area contributed by atoms with Gasteiger partial charge >= 0.3 is 5.97 Å². The highest BCUT2D eigenvalue weighted by atomic mass is 35.5. The van der Waals surface area contributed by atoms with Crippen molar-refractivity contribution in [1.82, 2.24) is 4.98 Å². The van der Waals surface area contributed by atoms with Crippen LogP contribution < -0.4 is 10.1 Å². The van der Waals surface area contributed by atoms with E-state index in [0.717, 1.165) is 46.8 Å². The van der Waals surface area contributed by atoms with Gasteiger partial charge in [-0.25, -0.2) is 4.98 Å². The summed E-state index contributed by atoms with van der Waals surface area (Å²) >= 11 is 6.12. The molecule has 36 heavy (non-hydrogen) atoms. The summed E-state index contributed by atoms with van der Waals surface area (Å²) in [6.45, 7) is 1.38. The van der Waals surface area contributed by atoms with Crippen LogP contribution in [0.15, 0.2) is 97.2 Å². The molecule has 0 aliphatic rings. The van der Waals surface area contributed by atoms with Gasteiger partial charge in [0.2, 0.25) is 0 Å². The summed E-state index contributed by atoms with van der Waals surface area (Å²) in [6, 6.07) is 29.5. The fourth-order valence-electron chi connectivity index (χ4n) is 4.09. The smallest absolute Gasteiger partial charge is 0.303 e. The highest BCUT2D eigenvalue weighted by Gasteiger charge is 2.17. The van der Waals surface area contributed by atoms with Crippen LogP contribution in [0, 0.1) is 0 Å². The molecule has 2 N–H and O–H groups in total. The number of anilines is 1. The quantitative estimate of drug-likeness (QED) is 0.203. The fraction of sp³-hybridized carbons (Fsp3) is 0.200. The van der Waals surface area contributed by atoms with Gasteiger partial charge < -0.3 is 15.2 Å². The Morgan fingerprint density at radius 1 is 0.944 bits per heavy atom. The second kappa shape index (κ2) is 12.8. The number of halogens is 1. The molecular weight excluding hydrogens is 472 g/mol. The summed E-state index contributed by atoms with van der Waals surface area (Å²) in [4.78, 5) is 15.8. The second-order valence-electron chi connectivity index (χ2n) is 8.62. The van der Waals surface area contributed by atoms with E-state index in [4.69, 9.17) is 16.3 Å². The molecule has 0 spiro atoms. The number of aliphatic carboxylic acids is 1. The van der Waals surface area contributed by atoms with Crippen molar-refractivity contribution in [1.29, 1.82) is 0 Å². The van der Waals surface area contributed by atoms with Crippen LogP contribution in [0.5, 0.6) is 5.75 Å². The highest BCUT2D eigenvalue weighted by molar-refractivity contribution is 6.30. The van der Waals surface area contributed by atoms with E-state index in [0.29, 0.717) is 18.1 Å². The zero-order chi connectivity index (χ0) is 25.2. The summed E-state index contributed by atoms with van der Waals surface area (Å²) < 4.78 is 5.85. The largest absolute Gasteiger partial charge is 0.494 e. The normalized spacial score (nSPS) is 11.6. The minimum Gasteiger partial charge on any atom is -0.494 e. The van der Waals surface area contributed by atoms with Gasteiger partial charge in [0.15, 0.2) is 0 Å². The highest BCUT2D eigenvalue weighted by Crippen LogP contribution is 2.29. The van der Waals surface area contributed by atoms with Gasteiger partial charge in [0.25, 0.3) is 0 Å². The van der Waals surface area contributed by atoms with Crippen LogP contribution in [0.1, 0.15) is 29.9 Å². The number of carbonyl (C=O) groups is 1. The van der Waals surface area contributed by atoms with Gasteiger partial charge in [-0.05, 0) is 77.4 Å². The molecule has 0 saturated heterocycles. The van der Waals surface area contributed by atoms with Crippen molar-refractivity contribution in [2.75, 3.05) is 18.5 Å². The Hall–Kier alpha value is -3.83. The molecule has 0 bridgehead atoms. The van der Waals surface area contributed by atoms with E-state index in [1.54, 1.807) is 6.20 Å². The zero-order valence-corrected chi connectivity index (χ0v) is 20.7. The zero-order valence-electron chi connectivity index (χ0n) is 19.9. The lowest BCUT2D eigenvalue weighted by Crippen LogP contribution is -2.10. The van der Waals surface area contributed by atoms with Gasteiger partial charge in [0, 0.05) is 17.8 Å². The van der Waals surface area contributed by atoms with Crippen molar-refractivity contribution in [2.24, 2.45) is 0 Å². The van der Waals surface area contributed by atoms with Crippen LogP contribution in [0.25, 0.3) is 11.1 Å². The molecule has 0 radical (unpaired) electrons. The van der Waals surface area contributed by atoms with Crippen molar-refractivity contribution < 1.29 is 14.6 Å². The predicted octanol–water partition coefficient (Wildman–Crippen LogP) is 7.08. The number of carboxylic acid groups (broad SMARTS) is 1. The molecule has 5 nitrogen and oxygen atoms in total. The van der Waals surface area contributed by atoms with Gasteiger partial charge in [0.1, 0.15) is 11.6 Å². The molecule has 4 rings (SSSR count). The molecule has 1 aromatic heterocycles. The molecule has 4 aromatic rings. The predicted molar refractivity (Wildman–Crippen MR) is 145 cm³/mol. The van der Waals surface area contributed by atoms with E-state index >= 15 is 0 Å². The number of ether oxygens (including phenoxy) is 1. The lowest BCUT2D eigenvalue weighted by Gasteiger charge is -2.17. The van der Waals surface area contributed by atoms with Crippen LogP contribution in [-0.4, -0.2) is 29.2 Å². The third-order valence-electron chi connectivity index (χ3n) is 5.93. The molecule has 0 saturated carbocycles. The number of hydrogen-bond donors (Lipinski definition) is 2. The number of pyridine rings is 1. The first-order valence-corrected chi connectivity index (χ1v) is 12.4. The van der Waals surface area contributed by atoms with E-state index in [2.05, 4.69) is 10.3 Å². The van der Waals surface area contributed by atoms with Crippen molar-refractivity contribution in [3.63, 3.8) is 0 Å². The average molecular weight is 501 g/mol. The van der Waals surface area contributed by atoms with Gasteiger partial charge in [-0.3, -0.25) is 4.79 Å². The molecule has 6 heteroatoms. The van der Waals surface area contributed by atoms with Crippen LogP contribution in [0.4, 0.5) is 5.82 Å².